The fraction of sp³-hybridized carbons (Fsp3) is 0.833. The summed E-state index contributed by atoms with van der Waals surface area (Å²) < 4.78 is 5.27. The molecule has 17 heavy (non-hydrogen) atoms. The highest BCUT2D eigenvalue weighted by Crippen LogP contribution is 2.28. The van der Waals surface area contributed by atoms with Crippen molar-refractivity contribution in [2.24, 2.45) is 11.8 Å². The molecule has 0 aliphatic carbocycles. The van der Waals surface area contributed by atoms with Gasteiger partial charge in [0.2, 0.25) is 11.8 Å². The Morgan fingerprint density at radius 1 is 1.29 bits per heavy atom. The van der Waals surface area contributed by atoms with Crippen LogP contribution in [0.3, 0.4) is 0 Å². The second-order valence-electron chi connectivity index (χ2n) is 5.27. The van der Waals surface area contributed by atoms with E-state index in [4.69, 9.17) is 4.74 Å². The molecule has 0 radical (unpaired) electrons. The van der Waals surface area contributed by atoms with Crippen molar-refractivity contribution in [2.75, 3.05) is 26.3 Å². The number of carbonyl (C=O) groups excluding carboxylic acids is 2. The van der Waals surface area contributed by atoms with Gasteiger partial charge in [0.15, 0.2) is 0 Å². The Kier molecular flexibility index (Phi) is 2.78. The molecule has 0 aromatic carbocycles. The second-order valence-corrected chi connectivity index (χ2v) is 5.27. The minimum atomic E-state index is 0.137. The number of fused-ring (bicyclic) bond motifs is 1. The molecule has 2 atom stereocenters. The molecular weight excluding hydrogens is 220 g/mol. The van der Waals surface area contributed by atoms with E-state index < -0.39 is 0 Å². The van der Waals surface area contributed by atoms with Crippen molar-refractivity contribution in [2.45, 2.75) is 25.3 Å². The van der Waals surface area contributed by atoms with Crippen molar-refractivity contribution >= 4 is 11.8 Å². The van der Waals surface area contributed by atoms with E-state index in [0.29, 0.717) is 32.1 Å². The summed E-state index contributed by atoms with van der Waals surface area (Å²) in [5, 5.41) is 2.95. The highest BCUT2D eigenvalue weighted by atomic mass is 16.5. The van der Waals surface area contributed by atoms with Gasteiger partial charge in [-0.2, -0.15) is 0 Å². The van der Waals surface area contributed by atoms with E-state index >= 15 is 0 Å². The molecule has 94 valence electrons. The predicted octanol–water partition coefficient (Wildman–Crippen LogP) is -0.240. The van der Waals surface area contributed by atoms with E-state index in [1.54, 1.807) is 0 Å². The maximum absolute atomic E-state index is 12.3. The van der Waals surface area contributed by atoms with Gasteiger partial charge < -0.3 is 15.0 Å². The third kappa shape index (κ3) is 2.04. The highest BCUT2D eigenvalue weighted by molar-refractivity contribution is 5.82. The molecule has 3 aliphatic heterocycles. The normalized spacial score (nSPS) is 33.6. The summed E-state index contributed by atoms with van der Waals surface area (Å²) in [5.41, 5.74) is 0. The first kappa shape index (κ1) is 11.0. The number of rotatable bonds is 1. The van der Waals surface area contributed by atoms with Crippen LogP contribution >= 0.6 is 0 Å². The number of ether oxygens (including phenoxy) is 1. The first-order valence-electron chi connectivity index (χ1n) is 6.40. The number of nitrogens with zero attached hydrogens (tertiary/aromatic N) is 1. The van der Waals surface area contributed by atoms with E-state index in [1.807, 2.05) is 4.90 Å². The molecule has 0 unspecified atom stereocenters. The van der Waals surface area contributed by atoms with E-state index in [9.17, 15) is 9.59 Å². The fourth-order valence-corrected chi connectivity index (χ4v) is 3.13. The number of likely N-dealkylation sites (tertiary alicyclic amines) is 1. The molecular formula is C12H18N2O3. The zero-order chi connectivity index (χ0) is 11.8. The Bertz CT molecular complexity index is 323. The third-order valence-electron chi connectivity index (χ3n) is 4.12. The number of nitrogens with one attached hydrogen (secondary N) is 1. The van der Waals surface area contributed by atoms with Gasteiger partial charge in [0, 0.05) is 44.6 Å². The molecule has 3 fully saturated rings. The van der Waals surface area contributed by atoms with Crippen LogP contribution in [0.25, 0.3) is 0 Å². The molecule has 0 aromatic heterocycles. The van der Waals surface area contributed by atoms with Gasteiger partial charge in [-0.15, -0.1) is 0 Å². The largest absolute Gasteiger partial charge is 0.381 e. The van der Waals surface area contributed by atoms with Crippen LogP contribution in [0, 0.1) is 11.8 Å². The van der Waals surface area contributed by atoms with E-state index in [2.05, 4.69) is 5.32 Å². The SMILES string of the molecule is O=C1C[C@H]2CN(C(=O)C3CCOCC3)C[C@H]2N1. The molecule has 0 aromatic rings. The van der Waals surface area contributed by atoms with E-state index in [0.717, 1.165) is 19.4 Å². The summed E-state index contributed by atoms with van der Waals surface area (Å²) in [7, 11) is 0. The van der Waals surface area contributed by atoms with Crippen LogP contribution < -0.4 is 5.32 Å². The minimum Gasteiger partial charge on any atom is -0.381 e. The first-order chi connectivity index (χ1) is 8.24. The quantitative estimate of drug-likeness (QED) is 0.686. The molecule has 2 amide bonds. The number of carbonyl (C=O) groups is 2. The maximum Gasteiger partial charge on any atom is 0.225 e. The number of amides is 2. The zero-order valence-electron chi connectivity index (χ0n) is 9.85. The first-order valence-corrected chi connectivity index (χ1v) is 6.40. The van der Waals surface area contributed by atoms with Crippen LogP contribution in [-0.2, 0) is 14.3 Å². The molecule has 3 rings (SSSR count). The number of hydrogen-bond donors (Lipinski definition) is 1. The average molecular weight is 238 g/mol. The highest BCUT2D eigenvalue weighted by Gasteiger charge is 2.42. The smallest absolute Gasteiger partial charge is 0.225 e. The Morgan fingerprint density at radius 2 is 2.06 bits per heavy atom. The predicted molar refractivity (Wildman–Crippen MR) is 60.2 cm³/mol. The molecule has 5 heteroatoms. The topological polar surface area (TPSA) is 58.6 Å². The standard InChI is InChI=1S/C12H18N2O3/c15-11-5-9-6-14(7-10(9)13-11)12(16)8-1-3-17-4-2-8/h8-10H,1-7H2,(H,13,15)/t9-,10+/m0/s1. The molecule has 3 saturated heterocycles. The van der Waals surface area contributed by atoms with Gasteiger partial charge in [-0.25, -0.2) is 0 Å². The molecule has 1 N–H and O–H groups in total. The Morgan fingerprint density at radius 3 is 2.76 bits per heavy atom. The number of hydrogen-bond acceptors (Lipinski definition) is 3. The lowest BCUT2D eigenvalue weighted by atomic mass is 9.99. The molecule has 0 bridgehead atoms. The van der Waals surface area contributed by atoms with Gasteiger partial charge in [-0.3, -0.25) is 9.59 Å². The average Bonchev–Trinajstić information content (AvgIpc) is 2.86. The van der Waals surface area contributed by atoms with Crippen molar-refractivity contribution < 1.29 is 14.3 Å². The lowest BCUT2D eigenvalue weighted by Gasteiger charge is -2.26. The van der Waals surface area contributed by atoms with Crippen LogP contribution in [0.2, 0.25) is 0 Å². The summed E-state index contributed by atoms with van der Waals surface area (Å²) in [4.78, 5) is 25.4. The molecule has 3 aliphatic rings. The summed E-state index contributed by atoms with van der Waals surface area (Å²) in [6.07, 6.45) is 2.27. The Balaban J connectivity index is 1.59. The van der Waals surface area contributed by atoms with Crippen molar-refractivity contribution in [3.63, 3.8) is 0 Å². The molecule has 5 nitrogen and oxygen atoms in total. The van der Waals surface area contributed by atoms with Crippen LogP contribution in [0.15, 0.2) is 0 Å². The van der Waals surface area contributed by atoms with Crippen LogP contribution in [0.1, 0.15) is 19.3 Å². The molecule has 3 heterocycles. The van der Waals surface area contributed by atoms with Crippen LogP contribution in [0.4, 0.5) is 0 Å². The fourth-order valence-electron chi connectivity index (χ4n) is 3.13. The Hall–Kier alpha value is -1.10. The summed E-state index contributed by atoms with van der Waals surface area (Å²) in [6, 6.07) is 0.200. The van der Waals surface area contributed by atoms with Gasteiger partial charge in [-0.05, 0) is 12.8 Å². The molecule has 0 saturated carbocycles. The summed E-state index contributed by atoms with van der Waals surface area (Å²) in [5.74, 6) is 0.875. The van der Waals surface area contributed by atoms with Crippen molar-refractivity contribution in [3.05, 3.63) is 0 Å². The van der Waals surface area contributed by atoms with Crippen molar-refractivity contribution in [3.8, 4) is 0 Å². The lowest BCUT2D eigenvalue weighted by molar-refractivity contribution is -0.138. The Labute approximate surface area is 100 Å². The third-order valence-corrected chi connectivity index (χ3v) is 4.12. The molecule has 0 spiro atoms. The maximum atomic E-state index is 12.3. The van der Waals surface area contributed by atoms with Gasteiger partial charge in [-0.1, -0.05) is 0 Å². The van der Waals surface area contributed by atoms with Crippen molar-refractivity contribution in [1.29, 1.82) is 0 Å². The monoisotopic (exact) mass is 238 g/mol. The van der Waals surface area contributed by atoms with Gasteiger partial charge >= 0.3 is 0 Å². The minimum absolute atomic E-state index is 0.137. The second kappa shape index (κ2) is 4.29. The lowest BCUT2D eigenvalue weighted by Crippen LogP contribution is -2.40. The van der Waals surface area contributed by atoms with E-state index in [-0.39, 0.29) is 23.8 Å². The zero-order valence-corrected chi connectivity index (χ0v) is 9.85. The van der Waals surface area contributed by atoms with Crippen LogP contribution in [-0.4, -0.2) is 49.1 Å². The summed E-state index contributed by atoms with van der Waals surface area (Å²) in [6.45, 7) is 2.86. The van der Waals surface area contributed by atoms with E-state index in [1.165, 1.54) is 0 Å². The van der Waals surface area contributed by atoms with Gasteiger partial charge in [0.05, 0.1) is 6.04 Å². The van der Waals surface area contributed by atoms with Crippen LogP contribution in [0.5, 0.6) is 0 Å². The van der Waals surface area contributed by atoms with Gasteiger partial charge in [0.25, 0.3) is 0 Å². The van der Waals surface area contributed by atoms with Gasteiger partial charge in [0.1, 0.15) is 0 Å². The van der Waals surface area contributed by atoms with Crippen molar-refractivity contribution in [1.82, 2.24) is 10.2 Å². The summed E-state index contributed by atoms with van der Waals surface area (Å²) >= 11 is 0.